The average molecular weight is 257 g/mol. The molecular formula is C14H27NOS. The molecule has 2 heterocycles. The molecule has 0 aromatic heterocycles. The molecule has 2 nitrogen and oxygen atoms in total. The molecule has 0 aromatic rings. The van der Waals surface area contributed by atoms with Gasteiger partial charge in [0.1, 0.15) is 0 Å². The summed E-state index contributed by atoms with van der Waals surface area (Å²) in [4.78, 5) is 0. The molecule has 3 unspecified atom stereocenters. The number of nitrogens with two attached hydrogens (primary N) is 1. The predicted molar refractivity (Wildman–Crippen MR) is 75.5 cm³/mol. The van der Waals surface area contributed by atoms with Crippen LogP contribution in [0.15, 0.2) is 0 Å². The lowest BCUT2D eigenvalue weighted by Gasteiger charge is -2.40. The van der Waals surface area contributed by atoms with E-state index >= 15 is 0 Å². The first-order valence-electron chi connectivity index (χ1n) is 7.23. The molecule has 3 atom stereocenters. The van der Waals surface area contributed by atoms with E-state index in [1.54, 1.807) is 0 Å². The van der Waals surface area contributed by atoms with Gasteiger partial charge in [0.05, 0.1) is 5.60 Å². The maximum Gasteiger partial charge on any atom is 0.0783 e. The summed E-state index contributed by atoms with van der Waals surface area (Å²) >= 11 is 2.05. The third-order valence-electron chi connectivity index (χ3n) is 4.34. The van der Waals surface area contributed by atoms with Crippen molar-refractivity contribution in [1.82, 2.24) is 0 Å². The van der Waals surface area contributed by atoms with Gasteiger partial charge in [0, 0.05) is 18.4 Å². The molecule has 2 saturated heterocycles. The molecule has 2 aliphatic heterocycles. The highest BCUT2D eigenvalue weighted by Gasteiger charge is 2.41. The molecule has 2 fully saturated rings. The molecule has 17 heavy (non-hydrogen) atoms. The van der Waals surface area contributed by atoms with Crippen LogP contribution in [0.2, 0.25) is 0 Å². The molecule has 100 valence electrons. The lowest BCUT2D eigenvalue weighted by molar-refractivity contribution is -0.0835. The Labute approximate surface area is 110 Å². The second-order valence-corrected chi connectivity index (χ2v) is 6.85. The molecule has 0 aliphatic carbocycles. The van der Waals surface area contributed by atoms with Crippen LogP contribution >= 0.6 is 11.8 Å². The van der Waals surface area contributed by atoms with E-state index in [-0.39, 0.29) is 5.60 Å². The van der Waals surface area contributed by atoms with Crippen molar-refractivity contribution < 1.29 is 4.74 Å². The molecule has 2 N–H and O–H groups in total. The molecule has 0 aromatic carbocycles. The highest BCUT2D eigenvalue weighted by atomic mass is 32.2. The Bertz CT molecular complexity index is 228. The van der Waals surface area contributed by atoms with Gasteiger partial charge in [0.25, 0.3) is 0 Å². The number of thioether (sulfide) groups is 1. The Kier molecular flexibility index (Phi) is 5.19. The zero-order valence-corrected chi connectivity index (χ0v) is 11.9. The van der Waals surface area contributed by atoms with Gasteiger partial charge in [-0.3, -0.25) is 0 Å². The topological polar surface area (TPSA) is 35.2 Å². The Morgan fingerprint density at radius 3 is 3.06 bits per heavy atom. The third-order valence-corrected chi connectivity index (χ3v) is 5.57. The number of unbranched alkanes of at least 4 members (excludes halogenated alkanes) is 2. The van der Waals surface area contributed by atoms with Crippen molar-refractivity contribution in [2.24, 2.45) is 11.7 Å². The first kappa shape index (κ1) is 13.7. The van der Waals surface area contributed by atoms with E-state index in [0.29, 0.717) is 12.0 Å². The zero-order valence-electron chi connectivity index (χ0n) is 11.1. The summed E-state index contributed by atoms with van der Waals surface area (Å²) in [5.74, 6) is 3.18. The first-order valence-corrected chi connectivity index (χ1v) is 8.38. The number of ether oxygens (including phenoxy) is 1. The van der Waals surface area contributed by atoms with Gasteiger partial charge in [0.15, 0.2) is 0 Å². The molecule has 0 saturated carbocycles. The van der Waals surface area contributed by atoms with E-state index in [4.69, 9.17) is 10.5 Å². The Morgan fingerprint density at radius 2 is 2.35 bits per heavy atom. The van der Waals surface area contributed by atoms with E-state index in [2.05, 4.69) is 6.92 Å². The molecule has 1 spiro atoms. The van der Waals surface area contributed by atoms with Crippen LogP contribution in [-0.2, 0) is 4.74 Å². The second-order valence-electron chi connectivity index (χ2n) is 5.75. The van der Waals surface area contributed by atoms with Crippen LogP contribution in [0.3, 0.4) is 0 Å². The van der Waals surface area contributed by atoms with Gasteiger partial charge in [-0.25, -0.2) is 0 Å². The van der Waals surface area contributed by atoms with Crippen LogP contribution in [-0.4, -0.2) is 29.8 Å². The summed E-state index contributed by atoms with van der Waals surface area (Å²) in [6.45, 7) is 3.19. The van der Waals surface area contributed by atoms with Gasteiger partial charge < -0.3 is 10.5 Å². The minimum atomic E-state index is 0.204. The fourth-order valence-electron chi connectivity index (χ4n) is 3.16. The van der Waals surface area contributed by atoms with Crippen molar-refractivity contribution in [3.63, 3.8) is 0 Å². The summed E-state index contributed by atoms with van der Waals surface area (Å²) in [5.41, 5.74) is 6.58. The molecule has 0 amide bonds. The van der Waals surface area contributed by atoms with E-state index in [9.17, 15) is 0 Å². The van der Waals surface area contributed by atoms with E-state index in [1.165, 1.54) is 56.5 Å². The Hall–Kier alpha value is 0.270. The van der Waals surface area contributed by atoms with E-state index in [0.717, 1.165) is 6.61 Å². The van der Waals surface area contributed by atoms with Crippen molar-refractivity contribution >= 4 is 11.8 Å². The summed E-state index contributed by atoms with van der Waals surface area (Å²) in [7, 11) is 0. The Morgan fingerprint density at radius 1 is 1.47 bits per heavy atom. The molecule has 3 heteroatoms. The normalized spacial score (nSPS) is 35.3. The van der Waals surface area contributed by atoms with Crippen molar-refractivity contribution in [3.8, 4) is 0 Å². The average Bonchev–Trinajstić information content (AvgIpc) is 2.77. The second kappa shape index (κ2) is 6.44. The third kappa shape index (κ3) is 3.62. The van der Waals surface area contributed by atoms with E-state index in [1.807, 2.05) is 11.8 Å². The standard InChI is InChI=1S/C14H27NOS/c1-2-3-4-5-13(15)12-6-8-16-14(10-12)7-9-17-11-14/h12-13H,2-11,15H2,1H3. The number of hydrogen-bond donors (Lipinski definition) is 1. The number of hydrogen-bond acceptors (Lipinski definition) is 3. The van der Waals surface area contributed by atoms with Crippen LogP contribution < -0.4 is 5.73 Å². The monoisotopic (exact) mass is 257 g/mol. The smallest absolute Gasteiger partial charge is 0.0783 e. The molecule has 2 aliphatic rings. The summed E-state index contributed by atoms with van der Waals surface area (Å²) in [5, 5.41) is 0. The van der Waals surface area contributed by atoms with Crippen LogP contribution in [0.4, 0.5) is 0 Å². The lowest BCUT2D eigenvalue weighted by atomic mass is 9.80. The molecular weight excluding hydrogens is 230 g/mol. The van der Waals surface area contributed by atoms with Gasteiger partial charge in [-0.15, -0.1) is 0 Å². The molecule has 0 bridgehead atoms. The van der Waals surface area contributed by atoms with Crippen LogP contribution in [0, 0.1) is 5.92 Å². The quantitative estimate of drug-likeness (QED) is 0.768. The van der Waals surface area contributed by atoms with Crippen LogP contribution in [0.25, 0.3) is 0 Å². The lowest BCUT2D eigenvalue weighted by Crippen LogP contribution is -2.45. The van der Waals surface area contributed by atoms with Crippen molar-refractivity contribution in [2.45, 2.75) is 63.5 Å². The highest BCUT2D eigenvalue weighted by molar-refractivity contribution is 7.99. The van der Waals surface area contributed by atoms with Crippen LogP contribution in [0.5, 0.6) is 0 Å². The van der Waals surface area contributed by atoms with Gasteiger partial charge in [-0.05, 0) is 37.4 Å². The fourth-order valence-corrected chi connectivity index (χ4v) is 4.54. The van der Waals surface area contributed by atoms with Gasteiger partial charge in [-0.1, -0.05) is 26.2 Å². The molecule has 2 rings (SSSR count). The summed E-state index contributed by atoms with van der Waals surface area (Å²) in [6.07, 6.45) is 8.78. The summed E-state index contributed by atoms with van der Waals surface area (Å²) in [6, 6.07) is 0.410. The van der Waals surface area contributed by atoms with E-state index < -0.39 is 0 Å². The van der Waals surface area contributed by atoms with Crippen molar-refractivity contribution in [3.05, 3.63) is 0 Å². The Balaban J connectivity index is 1.79. The predicted octanol–water partition coefficient (Wildman–Crippen LogP) is 3.20. The number of rotatable bonds is 5. The highest BCUT2D eigenvalue weighted by Crippen LogP contribution is 2.41. The SMILES string of the molecule is CCCCCC(N)C1CCOC2(CCSC2)C1. The zero-order chi connectivity index (χ0) is 12.1. The van der Waals surface area contributed by atoms with Crippen LogP contribution in [0.1, 0.15) is 51.9 Å². The van der Waals surface area contributed by atoms with Crippen molar-refractivity contribution in [2.75, 3.05) is 18.1 Å². The minimum Gasteiger partial charge on any atom is -0.374 e. The maximum atomic E-state index is 6.38. The maximum absolute atomic E-state index is 6.38. The minimum absolute atomic E-state index is 0.204. The molecule has 0 radical (unpaired) electrons. The summed E-state index contributed by atoms with van der Waals surface area (Å²) < 4.78 is 6.06. The van der Waals surface area contributed by atoms with Gasteiger partial charge >= 0.3 is 0 Å². The fraction of sp³-hybridized carbons (Fsp3) is 1.00. The van der Waals surface area contributed by atoms with Gasteiger partial charge in [0.2, 0.25) is 0 Å². The van der Waals surface area contributed by atoms with Crippen molar-refractivity contribution in [1.29, 1.82) is 0 Å². The first-order chi connectivity index (χ1) is 8.26. The van der Waals surface area contributed by atoms with Gasteiger partial charge in [-0.2, -0.15) is 11.8 Å². The largest absolute Gasteiger partial charge is 0.374 e.